The molecular weight excluding hydrogens is 180 g/mol. The summed E-state index contributed by atoms with van der Waals surface area (Å²) in [6.45, 7) is 5.82. The molecule has 2 fully saturated rings. The van der Waals surface area contributed by atoms with Gasteiger partial charge in [-0.1, -0.05) is 0 Å². The third-order valence-electron chi connectivity index (χ3n) is 3.38. The highest BCUT2D eigenvalue weighted by atomic mass is 16.5. The average molecular weight is 198 g/mol. The van der Waals surface area contributed by atoms with Crippen LogP contribution in [-0.4, -0.2) is 36.7 Å². The van der Waals surface area contributed by atoms with Crippen LogP contribution in [0.2, 0.25) is 0 Å². The molecule has 2 atom stereocenters. The van der Waals surface area contributed by atoms with Crippen molar-refractivity contribution in [2.45, 2.75) is 44.4 Å². The third kappa shape index (κ3) is 1.53. The lowest BCUT2D eigenvalue weighted by molar-refractivity contribution is -0.173. The smallest absolute Gasteiger partial charge is 0.249 e. The van der Waals surface area contributed by atoms with Gasteiger partial charge in [0.05, 0.1) is 11.6 Å². The molecule has 1 amide bonds. The lowest BCUT2D eigenvalue weighted by Crippen LogP contribution is -2.64. The number of morpholine rings is 1. The summed E-state index contributed by atoms with van der Waals surface area (Å²) in [5.41, 5.74) is -0.126. The summed E-state index contributed by atoms with van der Waals surface area (Å²) in [5, 5.41) is 6.31. The number of ether oxygens (including phenoxy) is 1. The van der Waals surface area contributed by atoms with Gasteiger partial charge in [-0.15, -0.1) is 0 Å². The van der Waals surface area contributed by atoms with E-state index in [4.69, 9.17) is 4.74 Å². The predicted molar refractivity (Wildman–Crippen MR) is 53.0 cm³/mol. The van der Waals surface area contributed by atoms with Crippen molar-refractivity contribution in [3.63, 3.8) is 0 Å². The Morgan fingerprint density at radius 3 is 2.64 bits per heavy atom. The molecule has 2 N–H and O–H groups in total. The Morgan fingerprint density at radius 2 is 2.00 bits per heavy atom. The fourth-order valence-electron chi connectivity index (χ4n) is 2.37. The molecule has 0 saturated carbocycles. The first kappa shape index (κ1) is 9.93. The van der Waals surface area contributed by atoms with E-state index < -0.39 is 0 Å². The van der Waals surface area contributed by atoms with Gasteiger partial charge in [-0.05, 0) is 39.8 Å². The maximum absolute atomic E-state index is 11.4. The van der Waals surface area contributed by atoms with Gasteiger partial charge in [-0.3, -0.25) is 4.79 Å². The molecule has 0 radical (unpaired) electrons. The second-order valence-corrected chi connectivity index (χ2v) is 4.31. The SMILES string of the molecule is CC1OC2(CCNCC2)C(C)NC1=O. The molecule has 2 rings (SSSR count). The van der Waals surface area contributed by atoms with Crippen LogP contribution in [-0.2, 0) is 9.53 Å². The molecule has 0 bridgehead atoms. The molecule has 4 heteroatoms. The van der Waals surface area contributed by atoms with Gasteiger partial charge in [0.2, 0.25) is 5.91 Å². The van der Waals surface area contributed by atoms with Crippen molar-refractivity contribution in [1.82, 2.24) is 10.6 Å². The lowest BCUT2D eigenvalue weighted by atomic mass is 9.84. The topological polar surface area (TPSA) is 50.4 Å². The van der Waals surface area contributed by atoms with Crippen LogP contribution in [0.1, 0.15) is 26.7 Å². The zero-order valence-electron chi connectivity index (χ0n) is 8.80. The first-order chi connectivity index (χ1) is 6.64. The first-order valence-corrected chi connectivity index (χ1v) is 5.33. The van der Waals surface area contributed by atoms with E-state index in [1.54, 1.807) is 0 Å². The summed E-state index contributed by atoms with van der Waals surface area (Å²) in [6.07, 6.45) is 1.67. The summed E-state index contributed by atoms with van der Waals surface area (Å²) in [6, 6.07) is 0.133. The summed E-state index contributed by atoms with van der Waals surface area (Å²) >= 11 is 0. The van der Waals surface area contributed by atoms with Gasteiger partial charge >= 0.3 is 0 Å². The van der Waals surface area contributed by atoms with E-state index in [1.807, 2.05) is 13.8 Å². The maximum atomic E-state index is 11.4. The fourth-order valence-corrected chi connectivity index (χ4v) is 2.37. The van der Waals surface area contributed by atoms with E-state index in [0.29, 0.717) is 0 Å². The van der Waals surface area contributed by atoms with Crippen LogP contribution in [0.3, 0.4) is 0 Å². The normalized spacial score (nSPS) is 36.9. The van der Waals surface area contributed by atoms with E-state index in [9.17, 15) is 4.79 Å². The van der Waals surface area contributed by atoms with Crippen molar-refractivity contribution in [3.05, 3.63) is 0 Å². The van der Waals surface area contributed by atoms with Crippen molar-refractivity contribution in [1.29, 1.82) is 0 Å². The van der Waals surface area contributed by atoms with Crippen molar-refractivity contribution < 1.29 is 9.53 Å². The highest BCUT2D eigenvalue weighted by molar-refractivity contribution is 5.81. The summed E-state index contributed by atoms with van der Waals surface area (Å²) < 4.78 is 5.89. The lowest BCUT2D eigenvalue weighted by Gasteiger charge is -2.47. The highest BCUT2D eigenvalue weighted by Crippen LogP contribution is 2.31. The van der Waals surface area contributed by atoms with Gasteiger partial charge in [-0.25, -0.2) is 0 Å². The summed E-state index contributed by atoms with van der Waals surface area (Å²) in [4.78, 5) is 11.4. The first-order valence-electron chi connectivity index (χ1n) is 5.33. The molecule has 1 spiro atoms. The molecule has 0 aromatic heterocycles. The maximum Gasteiger partial charge on any atom is 0.249 e. The minimum absolute atomic E-state index is 0.0154. The van der Waals surface area contributed by atoms with Crippen LogP contribution < -0.4 is 10.6 Å². The quantitative estimate of drug-likeness (QED) is 0.577. The number of hydrogen-bond acceptors (Lipinski definition) is 3. The third-order valence-corrected chi connectivity index (χ3v) is 3.38. The van der Waals surface area contributed by atoms with E-state index in [2.05, 4.69) is 10.6 Å². The van der Waals surface area contributed by atoms with Gasteiger partial charge in [0.25, 0.3) is 0 Å². The van der Waals surface area contributed by atoms with Crippen LogP contribution in [0.25, 0.3) is 0 Å². The van der Waals surface area contributed by atoms with Gasteiger partial charge in [0, 0.05) is 0 Å². The molecule has 0 aliphatic carbocycles. The Balaban J connectivity index is 2.13. The van der Waals surface area contributed by atoms with Crippen molar-refractivity contribution >= 4 is 5.91 Å². The Bertz CT molecular complexity index is 236. The molecule has 80 valence electrons. The monoisotopic (exact) mass is 198 g/mol. The zero-order valence-corrected chi connectivity index (χ0v) is 8.80. The van der Waals surface area contributed by atoms with Crippen molar-refractivity contribution in [2.75, 3.05) is 13.1 Å². The number of piperidine rings is 1. The standard InChI is InChI=1S/C10H18N2O2/c1-7-9(13)12-8(2)10(14-7)3-5-11-6-4-10/h7-8,11H,3-6H2,1-2H3,(H,12,13). The van der Waals surface area contributed by atoms with Gasteiger partial charge in [0.15, 0.2) is 0 Å². The fraction of sp³-hybridized carbons (Fsp3) is 0.900. The molecule has 2 unspecified atom stereocenters. The Labute approximate surface area is 84.4 Å². The average Bonchev–Trinajstić information content (AvgIpc) is 2.17. The number of nitrogens with one attached hydrogen (secondary N) is 2. The van der Waals surface area contributed by atoms with E-state index in [0.717, 1.165) is 25.9 Å². The molecule has 2 heterocycles. The number of rotatable bonds is 0. The van der Waals surface area contributed by atoms with E-state index >= 15 is 0 Å². The van der Waals surface area contributed by atoms with Crippen molar-refractivity contribution in [3.8, 4) is 0 Å². The highest BCUT2D eigenvalue weighted by Gasteiger charge is 2.45. The summed E-state index contributed by atoms with van der Waals surface area (Å²) in [7, 11) is 0. The van der Waals surface area contributed by atoms with Crippen LogP contribution in [0, 0.1) is 0 Å². The minimum atomic E-state index is -0.302. The molecule has 2 saturated heterocycles. The molecule has 14 heavy (non-hydrogen) atoms. The Kier molecular flexibility index (Phi) is 2.49. The molecule has 0 aromatic rings. The molecule has 2 aliphatic rings. The van der Waals surface area contributed by atoms with E-state index in [1.165, 1.54) is 0 Å². The Morgan fingerprint density at radius 1 is 1.36 bits per heavy atom. The van der Waals surface area contributed by atoms with Crippen molar-refractivity contribution in [2.24, 2.45) is 0 Å². The predicted octanol–water partition coefficient (Wildman–Crippen LogP) is 0.0320. The zero-order chi connectivity index (χ0) is 10.2. The second-order valence-electron chi connectivity index (χ2n) is 4.31. The van der Waals surface area contributed by atoms with Crippen LogP contribution in [0.5, 0.6) is 0 Å². The number of hydrogen-bond donors (Lipinski definition) is 2. The van der Waals surface area contributed by atoms with Gasteiger partial charge < -0.3 is 15.4 Å². The van der Waals surface area contributed by atoms with Crippen LogP contribution in [0.15, 0.2) is 0 Å². The second kappa shape index (κ2) is 3.51. The van der Waals surface area contributed by atoms with Gasteiger partial charge in [0.1, 0.15) is 6.10 Å². The number of carbonyl (C=O) groups is 1. The van der Waals surface area contributed by atoms with E-state index in [-0.39, 0.29) is 23.7 Å². The summed E-state index contributed by atoms with van der Waals surface area (Å²) in [5.74, 6) is 0.0154. The van der Waals surface area contributed by atoms with Crippen LogP contribution in [0.4, 0.5) is 0 Å². The minimum Gasteiger partial charge on any atom is -0.360 e. The molecule has 0 aromatic carbocycles. The number of carbonyl (C=O) groups excluding carboxylic acids is 1. The molecule has 4 nitrogen and oxygen atoms in total. The molecular formula is C10H18N2O2. The Hall–Kier alpha value is -0.610. The van der Waals surface area contributed by atoms with Gasteiger partial charge in [-0.2, -0.15) is 0 Å². The molecule has 2 aliphatic heterocycles. The number of amides is 1. The largest absolute Gasteiger partial charge is 0.360 e. The van der Waals surface area contributed by atoms with Crippen LogP contribution >= 0.6 is 0 Å².